The van der Waals surface area contributed by atoms with E-state index in [1.165, 1.54) is 72.1 Å². The van der Waals surface area contributed by atoms with Crippen molar-refractivity contribution in [3.63, 3.8) is 0 Å². The highest BCUT2D eigenvalue weighted by Crippen LogP contribution is 2.54. The fraction of sp³-hybridized carbons (Fsp3) is 0.0612. The van der Waals surface area contributed by atoms with Gasteiger partial charge in [0.1, 0.15) is 0 Å². The molecule has 1 aliphatic carbocycles. The van der Waals surface area contributed by atoms with E-state index in [4.69, 9.17) is 0 Å². The lowest BCUT2D eigenvalue weighted by atomic mass is 9.79. The van der Waals surface area contributed by atoms with Crippen molar-refractivity contribution >= 4 is 27.8 Å². The molecule has 8 aromatic carbocycles. The molecule has 50 heavy (non-hydrogen) atoms. The molecular weight excluding hydrogens is 603 g/mol. The summed E-state index contributed by atoms with van der Waals surface area (Å²) in [6, 6.07) is 68.5. The van der Waals surface area contributed by atoms with Crippen molar-refractivity contribution in [3.05, 3.63) is 199 Å². The molecule has 0 aromatic heterocycles. The number of nitrogens with zero attached hydrogens (tertiary/aromatic N) is 1. The minimum absolute atomic E-state index is 0.185. The van der Waals surface area contributed by atoms with Crippen molar-refractivity contribution in [3.8, 4) is 44.5 Å². The minimum Gasteiger partial charge on any atom is -0.310 e. The highest BCUT2D eigenvalue weighted by atomic mass is 15.1. The van der Waals surface area contributed by atoms with E-state index in [0.717, 1.165) is 11.4 Å². The minimum atomic E-state index is -0.185. The quantitative estimate of drug-likeness (QED) is 0.175. The SMILES string of the molecule is CC1(C)c2ccc(-c3ccccc3)cc2-c2ccc3cccc(N(c4ccc(-c5ccccc5)cc4)c4ccc(-c5ccccc5)cc4)c3c21. The molecule has 8 aromatic rings. The largest absolute Gasteiger partial charge is 0.310 e. The van der Waals surface area contributed by atoms with E-state index in [1.54, 1.807) is 0 Å². The second-order valence-electron chi connectivity index (χ2n) is 13.8. The van der Waals surface area contributed by atoms with E-state index in [-0.39, 0.29) is 5.41 Å². The molecule has 0 spiro atoms. The standard InChI is InChI=1S/C49H37N/c1-49(2)45-32-26-40(36-17-10-5-11-18-36)33-44(45)43-31-25-39-19-12-20-46(47(39)48(43)49)50(41-27-21-37(22-28-41)34-13-6-3-7-14-34)42-29-23-38(24-30-42)35-15-8-4-9-16-35/h3-33H,1-2H3. The fourth-order valence-electron chi connectivity index (χ4n) is 7.97. The first-order chi connectivity index (χ1) is 24.6. The molecule has 9 rings (SSSR count). The summed E-state index contributed by atoms with van der Waals surface area (Å²) in [6.07, 6.45) is 0. The lowest BCUT2D eigenvalue weighted by Gasteiger charge is -2.30. The molecule has 0 atom stereocenters. The summed E-state index contributed by atoms with van der Waals surface area (Å²) < 4.78 is 0. The van der Waals surface area contributed by atoms with Gasteiger partial charge in [-0.25, -0.2) is 0 Å². The molecule has 0 amide bonds. The summed E-state index contributed by atoms with van der Waals surface area (Å²) in [5.41, 5.74) is 16.0. The molecule has 0 saturated carbocycles. The Morgan fingerprint density at radius 1 is 0.380 bits per heavy atom. The van der Waals surface area contributed by atoms with Crippen molar-refractivity contribution in [1.29, 1.82) is 0 Å². The van der Waals surface area contributed by atoms with Crippen LogP contribution in [0.3, 0.4) is 0 Å². The lowest BCUT2D eigenvalue weighted by molar-refractivity contribution is 0.666. The van der Waals surface area contributed by atoms with Gasteiger partial charge in [-0.1, -0.05) is 166 Å². The molecule has 0 heterocycles. The first-order valence-electron chi connectivity index (χ1n) is 17.4. The van der Waals surface area contributed by atoms with Gasteiger partial charge in [0, 0.05) is 22.2 Å². The molecule has 1 nitrogen and oxygen atoms in total. The van der Waals surface area contributed by atoms with Crippen LogP contribution >= 0.6 is 0 Å². The van der Waals surface area contributed by atoms with E-state index in [2.05, 4.69) is 207 Å². The molecule has 238 valence electrons. The van der Waals surface area contributed by atoms with Crippen molar-refractivity contribution in [2.45, 2.75) is 19.3 Å². The van der Waals surface area contributed by atoms with Crippen LogP contribution in [0.15, 0.2) is 188 Å². The first kappa shape index (κ1) is 29.9. The smallest absolute Gasteiger partial charge is 0.0543 e. The molecule has 0 unspecified atom stereocenters. The zero-order valence-corrected chi connectivity index (χ0v) is 28.3. The Bertz CT molecular complexity index is 2380. The van der Waals surface area contributed by atoms with E-state index in [9.17, 15) is 0 Å². The summed E-state index contributed by atoms with van der Waals surface area (Å²) in [4.78, 5) is 2.45. The van der Waals surface area contributed by atoms with Gasteiger partial charge < -0.3 is 4.90 Å². The van der Waals surface area contributed by atoms with Crippen LogP contribution in [0.4, 0.5) is 17.1 Å². The summed E-state index contributed by atoms with van der Waals surface area (Å²) in [5.74, 6) is 0. The van der Waals surface area contributed by atoms with Gasteiger partial charge in [0.25, 0.3) is 0 Å². The molecule has 0 radical (unpaired) electrons. The van der Waals surface area contributed by atoms with Gasteiger partial charge in [0.05, 0.1) is 5.69 Å². The fourth-order valence-corrected chi connectivity index (χ4v) is 7.97. The third-order valence-electron chi connectivity index (χ3n) is 10.4. The van der Waals surface area contributed by atoms with Crippen LogP contribution in [0, 0.1) is 0 Å². The lowest BCUT2D eigenvalue weighted by Crippen LogP contribution is -2.17. The molecule has 1 heteroatoms. The Morgan fingerprint density at radius 2 is 0.860 bits per heavy atom. The van der Waals surface area contributed by atoms with Gasteiger partial charge in [-0.05, 0) is 97.4 Å². The van der Waals surface area contributed by atoms with Gasteiger partial charge in [-0.3, -0.25) is 0 Å². The zero-order chi connectivity index (χ0) is 33.7. The summed E-state index contributed by atoms with van der Waals surface area (Å²) >= 11 is 0. The maximum Gasteiger partial charge on any atom is 0.0543 e. The molecule has 1 aliphatic rings. The maximum absolute atomic E-state index is 2.45. The Hall–Kier alpha value is -6.18. The number of anilines is 3. The van der Waals surface area contributed by atoms with Crippen molar-refractivity contribution < 1.29 is 0 Å². The molecular formula is C49H37N. The maximum atomic E-state index is 2.45. The first-order valence-corrected chi connectivity index (χ1v) is 17.4. The predicted octanol–water partition coefficient (Wildman–Crippen LogP) is 13.6. The number of hydrogen-bond donors (Lipinski definition) is 0. The van der Waals surface area contributed by atoms with Gasteiger partial charge in [0.2, 0.25) is 0 Å². The third-order valence-corrected chi connectivity index (χ3v) is 10.4. The summed E-state index contributed by atoms with van der Waals surface area (Å²) in [6.45, 7) is 4.79. The monoisotopic (exact) mass is 639 g/mol. The van der Waals surface area contributed by atoms with Crippen LogP contribution in [0.5, 0.6) is 0 Å². The van der Waals surface area contributed by atoms with E-state index in [0.29, 0.717) is 0 Å². The van der Waals surface area contributed by atoms with E-state index in [1.807, 2.05) is 0 Å². The average Bonchev–Trinajstić information content (AvgIpc) is 3.42. The molecule has 0 aliphatic heterocycles. The van der Waals surface area contributed by atoms with Crippen LogP contribution < -0.4 is 4.90 Å². The van der Waals surface area contributed by atoms with Gasteiger partial charge in [0.15, 0.2) is 0 Å². The van der Waals surface area contributed by atoms with Crippen LogP contribution in [0.1, 0.15) is 25.0 Å². The van der Waals surface area contributed by atoms with Crippen LogP contribution in [0.25, 0.3) is 55.3 Å². The van der Waals surface area contributed by atoms with Crippen LogP contribution in [-0.4, -0.2) is 0 Å². The normalized spacial score (nSPS) is 12.8. The van der Waals surface area contributed by atoms with Crippen molar-refractivity contribution in [1.82, 2.24) is 0 Å². The summed E-state index contributed by atoms with van der Waals surface area (Å²) in [7, 11) is 0. The van der Waals surface area contributed by atoms with E-state index >= 15 is 0 Å². The van der Waals surface area contributed by atoms with Crippen molar-refractivity contribution in [2.24, 2.45) is 0 Å². The third kappa shape index (κ3) is 5.02. The number of rotatable bonds is 6. The Balaban J connectivity index is 1.24. The summed E-state index contributed by atoms with van der Waals surface area (Å²) in [5, 5.41) is 2.55. The number of benzene rings is 8. The topological polar surface area (TPSA) is 3.24 Å². The second kappa shape index (κ2) is 12.1. The molecule has 0 fully saturated rings. The van der Waals surface area contributed by atoms with Gasteiger partial charge in [-0.15, -0.1) is 0 Å². The zero-order valence-electron chi connectivity index (χ0n) is 28.3. The number of fused-ring (bicyclic) bond motifs is 5. The Labute approximate surface area is 294 Å². The Morgan fingerprint density at radius 3 is 1.40 bits per heavy atom. The van der Waals surface area contributed by atoms with Crippen molar-refractivity contribution in [2.75, 3.05) is 4.90 Å². The number of hydrogen-bond acceptors (Lipinski definition) is 1. The van der Waals surface area contributed by atoms with Crippen LogP contribution in [-0.2, 0) is 5.41 Å². The molecule has 0 bridgehead atoms. The van der Waals surface area contributed by atoms with Gasteiger partial charge in [-0.2, -0.15) is 0 Å². The average molecular weight is 640 g/mol. The molecule has 0 saturated heterocycles. The molecule has 0 N–H and O–H groups in total. The Kier molecular flexibility index (Phi) is 7.21. The second-order valence-corrected chi connectivity index (χ2v) is 13.8. The highest BCUT2D eigenvalue weighted by Gasteiger charge is 2.38. The van der Waals surface area contributed by atoms with E-state index < -0.39 is 0 Å². The van der Waals surface area contributed by atoms with Gasteiger partial charge >= 0.3 is 0 Å². The highest BCUT2D eigenvalue weighted by molar-refractivity contribution is 6.07. The van der Waals surface area contributed by atoms with Crippen LogP contribution in [0.2, 0.25) is 0 Å². The predicted molar refractivity (Wildman–Crippen MR) is 213 cm³/mol.